The molecule has 0 saturated heterocycles. The predicted molar refractivity (Wildman–Crippen MR) is 56.6 cm³/mol. The Hall–Kier alpha value is -0.000000000000000111. The van der Waals surface area contributed by atoms with Crippen LogP contribution in [0.3, 0.4) is 0 Å². The monoisotopic (exact) mass is 298 g/mol. The first-order valence-corrected chi connectivity index (χ1v) is 4.77. The highest BCUT2D eigenvalue weighted by Gasteiger charge is 2.05. The van der Waals surface area contributed by atoms with E-state index in [1.54, 1.807) is 19.2 Å². The van der Waals surface area contributed by atoms with Crippen LogP contribution in [-0.2, 0) is 6.61 Å². The Balaban J connectivity index is 3.18. The second kappa shape index (κ2) is 4.30. The Bertz CT molecular complexity index is 263. The molecular weight excluding hydrogens is 290 g/mol. The van der Waals surface area contributed by atoms with E-state index in [0.29, 0.717) is 10.6 Å². The molecule has 1 aromatic carbocycles. The van der Waals surface area contributed by atoms with Crippen LogP contribution in [0.5, 0.6) is 5.75 Å². The molecule has 0 aromatic heterocycles. The molecule has 0 aliphatic carbocycles. The lowest BCUT2D eigenvalue weighted by molar-refractivity contribution is 0.281. The number of aliphatic hydroxyl groups excluding tert-OH is 1. The maximum atomic E-state index is 8.89. The van der Waals surface area contributed by atoms with Crippen LogP contribution in [0, 0.1) is 3.57 Å². The van der Waals surface area contributed by atoms with Gasteiger partial charge in [-0.05, 0) is 40.3 Å². The Kier molecular flexibility index (Phi) is 3.61. The molecule has 66 valence electrons. The third-order valence-corrected chi connectivity index (χ3v) is 2.69. The summed E-state index contributed by atoms with van der Waals surface area (Å²) in [6.45, 7) is -0.0634. The molecule has 1 N–H and O–H groups in total. The summed E-state index contributed by atoms with van der Waals surface area (Å²) in [7, 11) is 1.59. The van der Waals surface area contributed by atoms with Gasteiger partial charge in [-0.2, -0.15) is 0 Å². The molecule has 0 spiro atoms. The van der Waals surface area contributed by atoms with Crippen molar-refractivity contribution >= 4 is 34.2 Å². The van der Waals surface area contributed by atoms with E-state index in [4.69, 9.17) is 21.4 Å². The molecule has 4 heteroatoms. The van der Waals surface area contributed by atoms with Crippen LogP contribution in [-0.4, -0.2) is 12.2 Å². The normalized spacial score (nSPS) is 10.0. The topological polar surface area (TPSA) is 29.5 Å². The minimum absolute atomic E-state index is 0.0634. The molecule has 1 aromatic rings. The first kappa shape index (κ1) is 10.1. The summed E-state index contributed by atoms with van der Waals surface area (Å²) in [6, 6.07) is 3.51. The van der Waals surface area contributed by atoms with Crippen molar-refractivity contribution in [1.82, 2.24) is 0 Å². The van der Waals surface area contributed by atoms with E-state index in [0.717, 1.165) is 9.32 Å². The molecule has 0 bridgehead atoms. The average Bonchev–Trinajstić information content (AvgIpc) is 2.05. The van der Waals surface area contributed by atoms with Crippen LogP contribution in [0.1, 0.15) is 5.56 Å². The number of halogens is 2. The van der Waals surface area contributed by atoms with Crippen LogP contribution < -0.4 is 4.74 Å². The van der Waals surface area contributed by atoms with Gasteiger partial charge in [-0.1, -0.05) is 11.6 Å². The van der Waals surface area contributed by atoms with E-state index < -0.39 is 0 Å². The molecule has 1 rings (SSSR count). The first-order chi connectivity index (χ1) is 5.69. The molecule has 0 saturated carbocycles. The van der Waals surface area contributed by atoms with E-state index in [-0.39, 0.29) is 6.61 Å². The number of aliphatic hydroxyl groups is 1. The number of benzene rings is 1. The van der Waals surface area contributed by atoms with E-state index in [1.807, 2.05) is 0 Å². The first-order valence-electron chi connectivity index (χ1n) is 3.31. The van der Waals surface area contributed by atoms with Crippen molar-refractivity contribution in [2.24, 2.45) is 0 Å². The lowest BCUT2D eigenvalue weighted by Crippen LogP contribution is -1.91. The third-order valence-electron chi connectivity index (χ3n) is 1.49. The van der Waals surface area contributed by atoms with Gasteiger partial charge in [-0.3, -0.25) is 0 Å². The quantitative estimate of drug-likeness (QED) is 0.850. The number of rotatable bonds is 2. The average molecular weight is 299 g/mol. The Labute approximate surface area is 89.6 Å². The van der Waals surface area contributed by atoms with Gasteiger partial charge in [0.25, 0.3) is 0 Å². The van der Waals surface area contributed by atoms with Gasteiger partial charge >= 0.3 is 0 Å². The van der Waals surface area contributed by atoms with Gasteiger partial charge in [0, 0.05) is 5.02 Å². The highest BCUT2D eigenvalue weighted by molar-refractivity contribution is 14.1. The van der Waals surface area contributed by atoms with Crippen molar-refractivity contribution in [3.8, 4) is 5.75 Å². The van der Waals surface area contributed by atoms with Crippen molar-refractivity contribution in [3.63, 3.8) is 0 Å². The second-order valence-electron chi connectivity index (χ2n) is 2.24. The molecule has 0 heterocycles. The summed E-state index contributed by atoms with van der Waals surface area (Å²) in [5, 5.41) is 9.46. The molecule has 0 atom stereocenters. The molecule has 0 radical (unpaired) electrons. The van der Waals surface area contributed by atoms with E-state index >= 15 is 0 Å². The number of hydrogen-bond acceptors (Lipinski definition) is 2. The number of hydrogen-bond donors (Lipinski definition) is 1. The molecule has 0 aliphatic heterocycles. The van der Waals surface area contributed by atoms with Crippen molar-refractivity contribution in [3.05, 3.63) is 26.3 Å². The standard InChI is InChI=1S/C8H8ClIO2/c1-12-8-2-5(4-11)6(9)3-7(8)10/h2-3,11H,4H2,1H3. The van der Waals surface area contributed by atoms with Gasteiger partial charge in [0.1, 0.15) is 5.75 Å². The summed E-state index contributed by atoms with van der Waals surface area (Å²) in [4.78, 5) is 0. The van der Waals surface area contributed by atoms with Gasteiger partial charge in [0.15, 0.2) is 0 Å². The van der Waals surface area contributed by atoms with Crippen LogP contribution in [0.25, 0.3) is 0 Å². The molecule has 0 fully saturated rings. The predicted octanol–water partition coefficient (Wildman–Crippen LogP) is 2.45. The van der Waals surface area contributed by atoms with Crippen LogP contribution >= 0.6 is 34.2 Å². The number of methoxy groups -OCH3 is 1. The summed E-state index contributed by atoms with van der Waals surface area (Å²) in [6.07, 6.45) is 0. The summed E-state index contributed by atoms with van der Waals surface area (Å²) >= 11 is 7.97. The maximum absolute atomic E-state index is 8.89. The molecule has 0 unspecified atom stereocenters. The van der Waals surface area contributed by atoms with Gasteiger partial charge in [-0.15, -0.1) is 0 Å². The fraction of sp³-hybridized carbons (Fsp3) is 0.250. The highest BCUT2D eigenvalue weighted by atomic mass is 127. The summed E-state index contributed by atoms with van der Waals surface area (Å²) in [5.74, 6) is 0.740. The molecule has 12 heavy (non-hydrogen) atoms. The molecule has 0 aliphatic rings. The highest BCUT2D eigenvalue weighted by Crippen LogP contribution is 2.27. The SMILES string of the molecule is COc1cc(CO)c(Cl)cc1I. The fourth-order valence-corrected chi connectivity index (χ4v) is 1.94. The summed E-state index contributed by atoms with van der Waals surface area (Å²) < 4.78 is 6.01. The number of ether oxygens (including phenoxy) is 1. The fourth-order valence-electron chi connectivity index (χ4n) is 0.849. The largest absolute Gasteiger partial charge is 0.496 e. The van der Waals surface area contributed by atoms with E-state index in [1.165, 1.54) is 0 Å². The van der Waals surface area contributed by atoms with Gasteiger partial charge < -0.3 is 9.84 Å². The lowest BCUT2D eigenvalue weighted by atomic mass is 10.2. The zero-order chi connectivity index (χ0) is 9.14. The minimum Gasteiger partial charge on any atom is -0.496 e. The van der Waals surface area contributed by atoms with Crippen LogP contribution in [0.15, 0.2) is 12.1 Å². The van der Waals surface area contributed by atoms with Crippen molar-refractivity contribution < 1.29 is 9.84 Å². The zero-order valence-electron chi connectivity index (χ0n) is 6.47. The van der Waals surface area contributed by atoms with Crippen molar-refractivity contribution in [2.75, 3.05) is 7.11 Å². The third kappa shape index (κ3) is 2.02. The smallest absolute Gasteiger partial charge is 0.132 e. The molecule has 2 nitrogen and oxygen atoms in total. The van der Waals surface area contributed by atoms with Crippen LogP contribution in [0.2, 0.25) is 5.02 Å². The lowest BCUT2D eigenvalue weighted by Gasteiger charge is -2.06. The Morgan fingerprint density at radius 3 is 2.75 bits per heavy atom. The Morgan fingerprint density at radius 2 is 2.25 bits per heavy atom. The van der Waals surface area contributed by atoms with E-state index in [9.17, 15) is 0 Å². The molecular formula is C8H8ClIO2. The second-order valence-corrected chi connectivity index (χ2v) is 3.81. The van der Waals surface area contributed by atoms with Gasteiger partial charge in [-0.25, -0.2) is 0 Å². The zero-order valence-corrected chi connectivity index (χ0v) is 9.39. The van der Waals surface area contributed by atoms with Crippen molar-refractivity contribution in [1.29, 1.82) is 0 Å². The summed E-state index contributed by atoms with van der Waals surface area (Å²) in [5.41, 5.74) is 0.689. The maximum Gasteiger partial charge on any atom is 0.132 e. The van der Waals surface area contributed by atoms with E-state index in [2.05, 4.69) is 22.6 Å². The van der Waals surface area contributed by atoms with Gasteiger partial charge in [0.05, 0.1) is 17.3 Å². The van der Waals surface area contributed by atoms with Crippen LogP contribution in [0.4, 0.5) is 0 Å². The molecule has 0 amide bonds. The minimum atomic E-state index is -0.0634. The van der Waals surface area contributed by atoms with Gasteiger partial charge in [0.2, 0.25) is 0 Å². The van der Waals surface area contributed by atoms with Crippen molar-refractivity contribution in [2.45, 2.75) is 6.61 Å². The Morgan fingerprint density at radius 1 is 1.58 bits per heavy atom.